The number of benzene rings is 3. The summed E-state index contributed by atoms with van der Waals surface area (Å²) in [7, 11) is 0. The van der Waals surface area contributed by atoms with Crippen LogP contribution in [0.1, 0.15) is 11.1 Å². The fourth-order valence-electron chi connectivity index (χ4n) is 3.85. The van der Waals surface area contributed by atoms with Crippen LogP contribution < -0.4 is 25.8 Å². The molecule has 0 atom stereocenters. The van der Waals surface area contributed by atoms with Crippen LogP contribution in [0.2, 0.25) is 5.02 Å². The van der Waals surface area contributed by atoms with E-state index in [9.17, 15) is 14.4 Å². The van der Waals surface area contributed by atoms with E-state index in [1.807, 2.05) is 13.8 Å². The fraction of sp³-hybridized carbons (Fsp3) is 0.107. The Bertz CT molecular complexity index is 1790. The van der Waals surface area contributed by atoms with E-state index in [2.05, 4.69) is 5.32 Å². The van der Waals surface area contributed by atoms with Gasteiger partial charge < -0.3 is 23.6 Å². The molecule has 0 fully saturated rings. The number of rotatable bonds is 6. The van der Waals surface area contributed by atoms with Crippen LogP contribution in [0.15, 0.2) is 85.4 Å². The number of aryl methyl sites for hydroxylation is 2. The maximum absolute atomic E-state index is 13.0. The predicted octanol–water partition coefficient (Wildman–Crippen LogP) is 5.98. The topological polar surface area (TPSA) is 108 Å². The quantitative estimate of drug-likeness (QED) is 0.276. The highest BCUT2D eigenvalue weighted by Gasteiger charge is 2.13. The van der Waals surface area contributed by atoms with Crippen LogP contribution in [0.25, 0.3) is 21.9 Å². The minimum atomic E-state index is -0.469. The molecule has 3 aromatic carbocycles. The highest BCUT2D eigenvalue weighted by molar-refractivity contribution is 6.30. The maximum Gasteiger partial charge on any atom is 0.336 e. The van der Waals surface area contributed by atoms with Crippen molar-refractivity contribution in [2.24, 2.45) is 0 Å². The van der Waals surface area contributed by atoms with Gasteiger partial charge in [-0.25, -0.2) is 4.79 Å². The van der Waals surface area contributed by atoms with Gasteiger partial charge in [-0.15, -0.1) is 0 Å². The summed E-state index contributed by atoms with van der Waals surface area (Å²) in [5.41, 5.74) is 2.00. The highest BCUT2D eigenvalue weighted by atomic mass is 35.5. The molecule has 0 saturated carbocycles. The Labute approximate surface area is 215 Å². The zero-order valence-corrected chi connectivity index (χ0v) is 20.5. The van der Waals surface area contributed by atoms with Gasteiger partial charge in [-0.05, 0) is 67.4 Å². The molecule has 0 unspecified atom stereocenters. The molecule has 2 aromatic heterocycles. The molecule has 0 aliphatic heterocycles. The molecule has 0 saturated heterocycles. The van der Waals surface area contributed by atoms with Crippen LogP contribution in [0.4, 0.5) is 5.69 Å². The maximum atomic E-state index is 13.0. The van der Waals surface area contributed by atoms with Crippen molar-refractivity contribution in [2.45, 2.75) is 13.8 Å². The standard InChI is InChI=1S/C28H20ClNO7/c1-15-10-27(32)37-24-12-19(5-6-20(15)24)36-25-13-35-23-11-18(4-7-21(23)28(25)33)34-14-26(31)30-22-8-3-17(29)9-16(22)2/h3-13H,14H2,1-2H3,(H,30,31). The lowest BCUT2D eigenvalue weighted by Crippen LogP contribution is -2.20. The first-order valence-corrected chi connectivity index (χ1v) is 11.6. The van der Waals surface area contributed by atoms with Crippen LogP contribution in [-0.4, -0.2) is 12.5 Å². The molecular weight excluding hydrogens is 498 g/mol. The molecule has 186 valence electrons. The Hall–Kier alpha value is -4.56. The molecule has 0 spiro atoms. The van der Waals surface area contributed by atoms with Gasteiger partial charge in [0.1, 0.15) is 28.9 Å². The minimum absolute atomic E-state index is 0.0340. The summed E-state index contributed by atoms with van der Waals surface area (Å²) < 4.78 is 22.1. The van der Waals surface area contributed by atoms with Crippen molar-refractivity contribution < 1.29 is 23.1 Å². The normalized spacial score (nSPS) is 11.0. The van der Waals surface area contributed by atoms with Gasteiger partial charge in [0.05, 0.1) is 5.39 Å². The van der Waals surface area contributed by atoms with Crippen molar-refractivity contribution in [3.05, 3.63) is 104 Å². The average molecular weight is 518 g/mol. The molecule has 1 N–H and O–H groups in total. The fourth-order valence-corrected chi connectivity index (χ4v) is 4.08. The molecular formula is C28H20ClNO7. The molecule has 1 amide bonds. The van der Waals surface area contributed by atoms with Crippen LogP contribution in [0.3, 0.4) is 0 Å². The van der Waals surface area contributed by atoms with Gasteiger partial charge in [0.15, 0.2) is 6.61 Å². The van der Waals surface area contributed by atoms with Crippen molar-refractivity contribution >= 4 is 45.1 Å². The Morgan fingerprint density at radius 2 is 1.65 bits per heavy atom. The number of hydrogen-bond acceptors (Lipinski definition) is 7. The molecule has 0 radical (unpaired) electrons. The van der Waals surface area contributed by atoms with E-state index in [4.69, 9.17) is 29.9 Å². The monoisotopic (exact) mass is 517 g/mol. The Balaban J connectivity index is 1.31. The van der Waals surface area contributed by atoms with Crippen LogP contribution in [0, 0.1) is 13.8 Å². The smallest absolute Gasteiger partial charge is 0.336 e. The van der Waals surface area contributed by atoms with Crippen molar-refractivity contribution in [3.8, 4) is 17.2 Å². The van der Waals surface area contributed by atoms with E-state index in [1.54, 1.807) is 42.5 Å². The third kappa shape index (κ3) is 5.19. The summed E-state index contributed by atoms with van der Waals surface area (Å²) in [4.78, 5) is 36.9. The zero-order valence-electron chi connectivity index (χ0n) is 19.8. The van der Waals surface area contributed by atoms with Crippen molar-refractivity contribution in [1.82, 2.24) is 0 Å². The lowest BCUT2D eigenvalue weighted by Gasteiger charge is -2.10. The Morgan fingerprint density at radius 1 is 0.892 bits per heavy atom. The van der Waals surface area contributed by atoms with Gasteiger partial charge >= 0.3 is 5.63 Å². The highest BCUT2D eigenvalue weighted by Crippen LogP contribution is 2.27. The second-order valence-electron chi connectivity index (χ2n) is 8.39. The Morgan fingerprint density at radius 3 is 2.46 bits per heavy atom. The molecule has 0 aliphatic carbocycles. The van der Waals surface area contributed by atoms with E-state index in [0.717, 1.165) is 16.5 Å². The van der Waals surface area contributed by atoms with Gasteiger partial charge in [0.2, 0.25) is 11.2 Å². The Kier molecular flexibility index (Phi) is 6.42. The SMILES string of the molecule is Cc1cc(Cl)ccc1NC(=O)COc1ccc2c(=O)c(Oc3ccc4c(C)cc(=O)oc4c3)coc2c1. The average Bonchev–Trinajstić information content (AvgIpc) is 2.86. The van der Waals surface area contributed by atoms with E-state index in [-0.39, 0.29) is 29.2 Å². The number of amides is 1. The minimum Gasteiger partial charge on any atom is -0.484 e. The zero-order chi connectivity index (χ0) is 26.1. The number of hydrogen-bond donors (Lipinski definition) is 1. The summed E-state index contributed by atoms with van der Waals surface area (Å²) in [6, 6.07) is 16.2. The number of anilines is 1. The van der Waals surface area contributed by atoms with Gasteiger partial charge in [0, 0.05) is 34.3 Å². The van der Waals surface area contributed by atoms with E-state index in [0.29, 0.717) is 27.8 Å². The summed E-state index contributed by atoms with van der Waals surface area (Å²) >= 11 is 5.94. The second-order valence-corrected chi connectivity index (χ2v) is 8.83. The number of ether oxygens (including phenoxy) is 2. The second kappa shape index (κ2) is 9.83. The number of carbonyl (C=O) groups excluding carboxylic acids is 1. The summed E-state index contributed by atoms with van der Waals surface area (Å²) in [6.07, 6.45) is 1.20. The molecule has 37 heavy (non-hydrogen) atoms. The predicted molar refractivity (Wildman–Crippen MR) is 140 cm³/mol. The summed E-state index contributed by atoms with van der Waals surface area (Å²) in [5, 5.41) is 4.39. The molecule has 5 rings (SSSR count). The van der Waals surface area contributed by atoms with Gasteiger partial charge in [-0.2, -0.15) is 0 Å². The van der Waals surface area contributed by atoms with Gasteiger partial charge in [-0.1, -0.05) is 11.6 Å². The molecule has 0 bridgehead atoms. The van der Waals surface area contributed by atoms with E-state index in [1.165, 1.54) is 24.5 Å². The molecule has 0 aliphatic rings. The number of carbonyl (C=O) groups is 1. The van der Waals surface area contributed by atoms with Crippen molar-refractivity contribution in [3.63, 3.8) is 0 Å². The lowest BCUT2D eigenvalue weighted by molar-refractivity contribution is -0.118. The van der Waals surface area contributed by atoms with E-state index < -0.39 is 11.1 Å². The largest absolute Gasteiger partial charge is 0.484 e. The number of nitrogens with one attached hydrogen (secondary N) is 1. The molecule has 5 aromatic rings. The lowest BCUT2D eigenvalue weighted by atomic mass is 10.1. The van der Waals surface area contributed by atoms with Crippen LogP contribution >= 0.6 is 11.6 Å². The summed E-state index contributed by atoms with van der Waals surface area (Å²) in [6.45, 7) is 3.41. The third-order valence-electron chi connectivity index (χ3n) is 5.70. The van der Waals surface area contributed by atoms with Crippen molar-refractivity contribution in [2.75, 3.05) is 11.9 Å². The van der Waals surface area contributed by atoms with Crippen LogP contribution in [-0.2, 0) is 4.79 Å². The van der Waals surface area contributed by atoms with Gasteiger partial charge in [-0.3, -0.25) is 9.59 Å². The first-order chi connectivity index (χ1) is 17.8. The van der Waals surface area contributed by atoms with Crippen molar-refractivity contribution in [1.29, 1.82) is 0 Å². The first-order valence-electron chi connectivity index (χ1n) is 11.2. The van der Waals surface area contributed by atoms with Gasteiger partial charge in [0.25, 0.3) is 5.91 Å². The molecule has 8 nitrogen and oxygen atoms in total. The third-order valence-corrected chi connectivity index (χ3v) is 5.93. The van der Waals surface area contributed by atoms with E-state index >= 15 is 0 Å². The van der Waals surface area contributed by atoms with Crippen LogP contribution in [0.5, 0.6) is 17.2 Å². The number of halogens is 1. The molecule has 9 heteroatoms. The molecule has 2 heterocycles. The first kappa shape index (κ1) is 24.1. The summed E-state index contributed by atoms with van der Waals surface area (Å²) in [5.74, 6) is 0.285. The number of fused-ring (bicyclic) bond motifs is 2.